The Balaban J connectivity index is 2.71. The Morgan fingerprint density at radius 2 is 2.11 bits per heavy atom. The normalized spacial score (nSPS) is 12.9. The van der Waals surface area contributed by atoms with E-state index in [0.29, 0.717) is 17.1 Å². The number of carbonyl (C=O) groups is 1. The van der Waals surface area contributed by atoms with Gasteiger partial charge in [0.15, 0.2) is 0 Å². The molecule has 4 nitrogen and oxygen atoms in total. The second-order valence-electron chi connectivity index (χ2n) is 5.61. The molecule has 0 unspecified atom stereocenters. The number of anilines is 1. The average Bonchev–Trinajstić information content (AvgIpc) is 2.18. The molecule has 3 N–H and O–H groups in total. The van der Waals surface area contributed by atoms with Gasteiger partial charge in [-0.05, 0) is 51.8 Å². The summed E-state index contributed by atoms with van der Waals surface area (Å²) < 4.78 is 5.16. The van der Waals surface area contributed by atoms with Crippen molar-refractivity contribution in [2.75, 3.05) is 5.32 Å². The van der Waals surface area contributed by atoms with Crippen LogP contribution in [0.2, 0.25) is 5.02 Å². The number of benzene rings is 1. The van der Waals surface area contributed by atoms with Crippen molar-refractivity contribution >= 4 is 23.4 Å². The summed E-state index contributed by atoms with van der Waals surface area (Å²) in [5.41, 5.74) is 6.78. The molecular formula is C14H21ClN2O2. The maximum Gasteiger partial charge on any atom is 0.412 e. The fourth-order valence-electron chi connectivity index (χ4n) is 1.56. The van der Waals surface area contributed by atoms with Crippen molar-refractivity contribution in [3.8, 4) is 0 Å². The Kier molecular flexibility index (Phi) is 5.20. The van der Waals surface area contributed by atoms with E-state index in [9.17, 15) is 4.79 Å². The first-order valence-electron chi connectivity index (χ1n) is 6.21. The molecule has 0 aliphatic carbocycles. The Hall–Kier alpha value is -1.26. The van der Waals surface area contributed by atoms with Crippen molar-refractivity contribution in [3.05, 3.63) is 28.8 Å². The van der Waals surface area contributed by atoms with Crippen molar-refractivity contribution in [2.24, 2.45) is 5.73 Å². The minimum atomic E-state index is -0.525. The van der Waals surface area contributed by atoms with E-state index in [4.69, 9.17) is 22.1 Å². The summed E-state index contributed by atoms with van der Waals surface area (Å²) in [6.45, 7) is 7.35. The highest BCUT2D eigenvalue weighted by Crippen LogP contribution is 2.22. The van der Waals surface area contributed by atoms with Crippen molar-refractivity contribution in [1.29, 1.82) is 0 Å². The molecule has 0 aliphatic rings. The maximum atomic E-state index is 11.6. The minimum Gasteiger partial charge on any atom is -0.444 e. The summed E-state index contributed by atoms with van der Waals surface area (Å²) in [5, 5.41) is 3.23. The van der Waals surface area contributed by atoms with Gasteiger partial charge in [0.1, 0.15) is 5.60 Å². The van der Waals surface area contributed by atoms with Crippen LogP contribution >= 0.6 is 11.6 Å². The lowest BCUT2D eigenvalue weighted by Gasteiger charge is -2.20. The van der Waals surface area contributed by atoms with Gasteiger partial charge >= 0.3 is 6.09 Å². The smallest absolute Gasteiger partial charge is 0.412 e. The molecule has 5 heteroatoms. The van der Waals surface area contributed by atoms with Crippen LogP contribution in [0.1, 0.15) is 33.3 Å². The second-order valence-corrected chi connectivity index (χ2v) is 6.02. The Morgan fingerprint density at radius 3 is 2.58 bits per heavy atom. The molecule has 0 heterocycles. The number of nitrogens with two attached hydrogens (primary N) is 1. The highest BCUT2D eigenvalue weighted by molar-refractivity contribution is 6.31. The zero-order valence-corrected chi connectivity index (χ0v) is 12.5. The Morgan fingerprint density at radius 1 is 1.47 bits per heavy atom. The van der Waals surface area contributed by atoms with Gasteiger partial charge in [-0.3, -0.25) is 5.32 Å². The van der Waals surface area contributed by atoms with Gasteiger partial charge < -0.3 is 10.5 Å². The fraction of sp³-hybridized carbons (Fsp3) is 0.500. The number of hydrogen-bond acceptors (Lipinski definition) is 3. The highest BCUT2D eigenvalue weighted by atomic mass is 35.5. The van der Waals surface area contributed by atoms with Gasteiger partial charge in [-0.25, -0.2) is 4.79 Å². The van der Waals surface area contributed by atoms with E-state index in [1.165, 1.54) is 0 Å². The van der Waals surface area contributed by atoms with E-state index < -0.39 is 11.7 Å². The monoisotopic (exact) mass is 284 g/mol. The Bertz CT molecular complexity index is 453. The van der Waals surface area contributed by atoms with Crippen molar-refractivity contribution in [2.45, 2.75) is 45.8 Å². The topological polar surface area (TPSA) is 64.3 Å². The standard InChI is InChI=1S/C14H21ClN2O2/c1-9(16)7-10-5-6-11(8-12(10)15)17-13(18)19-14(2,3)4/h5-6,8-9H,7,16H2,1-4H3,(H,17,18)/t9-/m1/s1. The van der Waals surface area contributed by atoms with Crippen LogP contribution < -0.4 is 11.1 Å². The van der Waals surface area contributed by atoms with Gasteiger partial charge in [-0.2, -0.15) is 0 Å². The SMILES string of the molecule is C[C@@H](N)Cc1ccc(NC(=O)OC(C)(C)C)cc1Cl. The van der Waals surface area contributed by atoms with Crippen LogP contribution in [-0.4, -0.2) is 17.7 Å². The Labute approximate surface area is 119 Å². The molecule has 1 atom stereocenters. The number of carbonyl (C=O) groups excluding carboxylic acids is 1. The predicted molar refractivity (Wildman–Crippen MR) is 78.7 cm³/mol. The molecule has 0 spiro atoms. The summed E-state index contributed by atoms with van der Waals surface area (Å²) in [5.74, 6) is 0. The van der Waals surface area contributed by atoms with E-state index >= 15 is 0 Å². The fourth-order valence-corrected chi connectivity index (χ4v) is 1.82. The lowest BCUT2D eigenvalue weighted by atomic mass is 10.1. The number of halogens is 1. The molecule has 0 saturated carbocycles. The molecule has 19 heavy (non-hydrogen) atoms. The van der Waals surface area contributed by atoms with Gasteiger partial charge in [-0.1, -0.05) is 17.7 Å². The summed E-state index contributed by atoms with van der Waals surface area (Å²) in [6.07, 6.45) is 0.203. The molecule has 1 aromatic carbocycles. The predicted octanol–water partition coefficient (Wildman–Crippen LogP) is 3.58. The first kappa shape index (κ1) is 15.8. The van der Waals surface area contributed by atoms with Crippen molar-refractivity contribution in [3.63, 3.8) is 0 Å². The van der Waals surface area contributed by atoms with Crippen molar-refractivity contribution < 1.29 is 9.53 Å². The first-order chi connectivity index (χ1) is 8.67. The van der Waals surface area contributed by atoms with E-state index in [-0.39, 0.29) is 6.04 Å². The molecule has 0 fully saturated rings. The number of amides is 1. The molecule has 1 aromatic rings. The molecular weight excluding hydrogens is 264 g/mol. The highest BCUT2D eigenvalue weighted by Gasteiger charge is 2.16. The molecule has 0 aromatic heterocycles. The summed E-state index contributed by atoms with van der Waals surface area (Å²) in [6, 6.07) is 5.39. The average molecular weight is 285 g/mol. The lowest BCUT2D eigenvalue weighted by Crippen LogP contribution is -2.27. The maximum absolute atomic E-state index is 11.6. The third kappa shape index (κ3) is 5.94. The van der Waals surface area contributed by atoms with Gasteiger partial charge in [0, 0.05) is 16.8 Å². The van der Waals surface area contributed by atoms with Crippen LogP contribution in [0.3, 0.4) is 0 Å². The zero-order chi connectivity index (χ0) is 14.6. The molecule has 0 aliphatic heterocycles. The van der Waals surface area contributed by atoms with E-state index in [2.05, 4.69) is 5.32 Å². The lowest BCUT2D eigenvalue weighted by molar-refractivity contribution is 0.0636. The van der Waals surface area contributed by atoms with Crippen LogP contribution in [0.5, 0.6) is 0 Å². The quantitative estimate of drug-likeness (QED) is 0.892. The van der Waals surface area contributed by atoms with Gasteiger partial charge in [0.05, 0.1) is 0 Å². The van der Waals surface area contributed by atoms with Crippen molar-refractivity contribution in [1.82, 2.24) is 0 Å². The number of ether oxygens (including phenoxy) is 1. The third-order valence-corrected chi connectivity index (χ3v) is 2.59. The van der Waals surface area contributed by atoms with E-state index in [1.54, 1.807) is 12.1 Å². The van der Waals surface area contributed by atoms with Gasteiger partial charge in [0.2, 0.25) is 0 Å². The summed E-state index contributed by atoms with van der Waals surface area (Å²) >= 11 is 6.14. The molecule has 1 amide bonds. The van der Waals surface area contributed by atoms with Crippen LogP contribution in [0.25, 0.3) is 0 Å². The molecule has 106 valence electrons. The molecule has 0 saturated heterocycles. The van der Waals surface area contributed by atoms with Gasteiger partial charge in [-0.15, -0.1) is 0 Å². The van der Waals surface area contributed by atoms with Gasteiger partial charge in [0.25, 0.3) is 0 Å². The summed E-state index contributed by atoms with van der Waals surface area (Å²) in [4.78, 5) is 11.6. The van der Waals surface area contributed by atoms with Crippen LogP contribution in [0, 0.1) is 0 Å². The zero-order valence-electron chi connectivity index (χ0n) is 11.8. The summed E-state index contributed by atoms with van der Waals surface area (Å²) in [7, 11) is 0. The number of nitrogens with one attached hydrogen (secondary N) is 1. The van der Waals surface area contributed by atoms with Crippen LogP contribution in [0.4, 0.5) is 10.5 Å². The molecule has 1 rings (SSSR count). The second kappa shape index (κ2) is 6.26. The number of rotatable bonds is 3. The minimum absolute atomic E-state index is 0.0437. The third-order valence-electron chi connectivity index (χ3n) is 2.24. The van der Waals surface area contributed by atoms with E-state index in [0.717, 1.165) is 5.56 Å². The molecule has 0 bridgehead atoms. The first-order valence-corrected chi connectivity index (χ1v) is 6.59. The number of hydrogen-bond donors (Lipinski definition) is 2. The molecule has 0 radical (unpaired) electrons. The van der Waals surface area contributed by atoms with Crippen LogP contribution in [0.15, 0.2) is 18.2 Å². The van der Waals surface area contributed by atoms with Crippen LogP contribution in [-0.2, 0) is 11.2 Å². The van der Waals surface area contributed by atoms with E-state index in [1.807, 2.05) is 33.8 Å². The largest absolute Gasteiger partial charge is 0.444 e.